The van der Waals surface area contributed by atoms with Crippen LogP contribution in [-0.2, 0) is 5.41 Å². The van der Waals surface area contributed by atoms with E-state index < -0.39 is 5.41 Å². The highest BCUT2D eigenvalue weighted by atomic mass is 16.3. The molecule has 0 bridgehead atoms. The molecule has 0 unspecified atom stereocenters. The number of furan rings is 2. The number of rotatable bonds is 8. The fraction of sp³-hybridized carbons (Fsp3) is 0.0411. The van der Waals surface area contributed by atoms with Gasteiger partial charge in [-0.15, -0.1) is 0 Å². The average Bonchev–Trinajstić information content (AvgIpc) is 3.63. The van der Waals surface area contributed by atoms with Gasteiger partial charge in [-0.1, -0.05) is 178 Å². The molecule has 0 spiro atoms. The van der Waals surface area contributed by atoms with E-state index in [2.05, 4.69) is 215 Å². The Bertz CT molecular complexity index is 4950. The van der Waals surface area contributed by atoms with Crippen LogP contribution >= 0.6 is 0 Å². The second-order valence-electron chi connectivity index (χ2n) is 20.9. The highest BCUT2D eigenvalue weighted by Crippen LogP contribution is 2.57. The lowest BCUT2D eigenvalue weighted by Crippen LogP contribution is -2.17. The van der Waals surface area contributed by atoms with E-state index in [1.165, 1.54) is 27.6 Å². The monoisotopic (exact) mass is 1010 g/mol. The van der Waals surface area contributed by atoms with Gasteiger partial charge < -0.3 is 18.6 Å². The summed E-state index contributed by atoms with van der Waals surface area (Å²) in [4.78, 5) is 12.4. The number of fused-ring (bicyclic) bond motifs is 12. The Balaban J connectivity index is 0.921. The van der Waals surface area contributed by atoms with Crippen molar-refractivity contribution in [3.8, 4) is 33.4 Å². The highest BCUT2D eigenvalue weighted by Gasteiger charge is 2.39. The third kappa shape index (κ3) is 7.09. The van der Waals surface area contributed by atoms with E-state index in [0.717, 1.165) is 116 Å². The van der Waals surface area contributed by atoms with Crippen molar-refractivity contribution >= 4 is 111 Å². The minimum Gasteiger partial charge on any atom is -0.455 e. The van der Waals surface area contributed by atoms with E-state index in [1.54, 1.807) is 0 Å². The van der Waals surface area contributed by atoms with Crippen LogP contribution in [0.15, 0.2) is 251 Å². The van der Waals surface area contributed by atoms with Crippen molar-refractivity contribution in [3.63, 3.8) is 0 Å². The summed E-state index contributed by atoms with van der Waals surface area (Å²) in [5, 5.41) is 8.79. The molecule has 14 aromatic rings. The van der Waals surface area contributed by atoms with Gasteiger partial charge in [0.1, 0.15) is 22.3 Å². The summed E-state index contributed by atoms with van der Waals surface area (Å²) in [5.41, 5.74) is 18.7. The zero-order valence-corrected chi connectivity index (χ0v) is 43.2. The van der Waals surface area contributed by atoms with Gasteiger partial charge >= 0.3 is 0 Å². The predicted molar refractivity (Wildman–Crippen MR) is 326 cm³/mol. The highest BCUT2D eigenvalue weighted by molar-refractivity contribution is 6.14. The average molecular weight is 1010 g/mol. The molecule has 0 fully saturated rings. The molecule has 12 aromatic carbocycles. The maximum atomic E-state index is 8.14. The van der Waals surface area contributed by atoms with Crippen molar-refractivity contribution < 1.29 is 8.83 Å². The van der Waals surface area contributed by atoms with Crippen molar-refractivity contribution in [2.24, 2.45) is 0 Å². The first-order valence-corrected chi connectivity index (χ1v) is 26.5. The minimum atomic E-state index is -0.391. The summed E-state index contributed by atoms with van der Waals surface area (Å²) >= 11 is 0. The molecule has 2 aromatic heterocycles. The number of benzene rings is 12. The largest absolute Gasteiger partial charge is 0.455 e. The summed E-state index contributed by atoms with van der Waals surface area (Å²) in [6.07, 6.45) is 0. The molecule has 2 heterocycles. The first kappa shape index (κ1) is 45.7. The summed E-state index contributed by atoms with van der Waals surface area (Å²) in [6, 6.07) is 84.8. The number of anilines is 6. The number of para-hydroxylation sites is 6. The Morgan fingerprint density at radius 1 is 0.342 bits per heavy atom. The normalized spacial score (nSPS) is 12.5. The van der Waals surface area contributed by atoms with Gasteiger partial charge in [-0.3, -0.25) is 0 Å². The lowest BCUT2D eigenvalue weighted by atomic mass is 9.79. The lowest BCUT2D eigenvalue weighted by molar-refractivity contribution is 0.667. The molecular weight excluding hydrogens is 965 g/mol. The van der Waals surface area contributed by atoms with Crippen LogP contribution in [0.1, 0.15) is 25.0 Å². The van der Waals surface area contributed by atoms with Crippen molar-refractivity contribution in [1.82, 2.24) is 0 Å². The van der Waals surface area contributed by atoms with Gasteiger partial charge in [-0.05, 0) is 117 Å². The van der Waals surface area contributed by atoms with E-state index in [0.29, 0.717) is 11.4 Å². The van der Waals surface area contributed by atoms with Crippen LogP contribution in [0.5, 0.6) is 0 Å². The molecule has 370 valence electrons. The number of hydrogen-bond acceptors (Lipinski definition) is 4. The molecule has 15 rings (SSSR count). The fourth-order valence-corrected chi connectivity index (χ4v) is 12.7. The van der Waals surface area contributed by atoms with Crippen LogP contribution < -0.4 is 9.80 Å². The zero-order valence-electron chi connectivity index (χ0n) is 43.2. The molecule has 0 saturated carbocycles. The second-order valence-corrected chi connectivity index (χ2v) is 20.9. The summed E-state index contributed by atoms with van der Waals surface area (Å²) < 4.78 is 13.3. The molecule has 1 aliphatic carbocycles. The van der Waals surface area contributed by atoms with Crippen molar-refractivity contribution in [1.29, 1.82) is 0 Å². The van der Waals surface area contributed by atoms with Crippen LogP contribution in [0, 0.1) is 13.1 Å². The Hall–Kier alpha value is -10.7. The van der Waals surface area contributed by atoms with Gasteiger partial charge in [-0.25, -0.2) is 9.69 Å². The smallest absolute Gasteiger partial charge is 0.189 e. The van der Waals surface area contributed by atoms with E-state index >= 15 is 0 Å². The van der Waals surface area contributed by atoms with Crippen molar-refractivity contribution in [2.75, 3.05) is 9.80 Å². The third-order valence-corrected chi connectivity index (χ3v) is 16.2. The van der Waals surface area contributed by atoms with E-state index in [4.69, 9.17) is 22.0 Å². The first-order chi connectivity index (χ1) is 38.8. The van der Waals surface area contributed by atoms with Crippen molar-refractivity contribution in [2.45, 2.75) is 19.3 Å². The van der Waals surface area contributed by atoms with Crippen LogP contribution in [0.2, 0.25) is 0 Å². The number of hydrogen-bond donors (Lipinski definition) is 0. The Morgan fingerprint density at radius 2 is 0.823 bits per heavy atom. The fourth-order valence-electron chi connectivity index (χ4n) is 12.7. The Kier molecular flexibility index (Phi) is 10.3. The van der Waals surface area contributed by atoms with Gasteiger partial charge in [0.25, 0.3) is 0 Å². The number of nitrogens with zero attached hydrogens (tertiary/aromatic N) is 4. The Labute approximate surface area is 456 Å². The van der Waals surface area contributed by atoms with Gasteiger partial charge in [0, 0.05) is 71.7 Å². The van der Waals surface area contributed by atoms with Crippen LogP contribution in [0.25, 0.3) is 108 Å². The molecular formula is C73H46N4O2. The minimum absolute atomic E-state index is 0.391. The predicted octanol–water partition coefficient (Wildman–Crippen LogP) is 21.5. The van der Waals surface area contributed by atoms with Crippen LogP contribution in [0.4, 0.5) is 45.5 Å². The summed E-state index contributed by atoms with van der Waals surface area (Å²) in [6.45, 7) is 20.9. The molecule has 6 heteroatoms. The van der Waals surface area contributed by atoms with Crippen LogP contribution in [-0.4, -0.2) is 0 Å². The molecule has 0 amide bonds. The molecule has 6 nitrogen and oxygen atoms in total. The Morgan fingerprint density at radius 3 is 1.43 bits per heavy atom. The van der Waals surface area contributed by atoms with Crippen molar-refractivity contribution in [3.05, 3.63) is 277 Å². The summed E-state index contributed by atoms with van der Waals surface area (Å²) in [5.74, 6) is 0. The van der Waals surface area contributed by atoms with Gasteiger partial charge in [0.2, 0.25) is 0 Å². The maximum Gasteiger partial charge on any atom is 0.189 e. The molecule has 0 N–H and O–H groups in total. The second kappa shape index (κ2) is 17.7. The van der Waals surface area contributed by atoms with E-state index in [1.807, 2.05) is 60.7 Å². The molecule has 79 heavy (non-hydrogen) atoms. The van der Waals surface area contributed by atoms with Gasteiger partial charge in [-0.2, -0.15) is 0 Å². The lowest BCUT2D eigenvalue weighted by Gasteiger charge is -2.31. The molecule has 0 aliphatic heterocycles. The molecule has 1 aliphatic rings. The van der Waals surface area contributed by atoms with Crippen LogP contribution in [0.3, 0.4) is 0 Å². The third-order valence-electron chi connectivity index (χ3n) is 16.2. The molecule has 0 saturated heterocycles. The summed E-state index contributed by atoms with van der Waals surface area (Å²) in [7, 11) is 0. The topological polar surface area (TPSA) is 41.5 Å². The standard InChI is InChI=1S/C73H46N4O2/c1-73(2)64-41-46-39-51(76(49-21-15-19-47(42-49)74-3)65-33-11-7-24-53(65)58-29-17-31-60-55-26-9-13-35-68(55)78-71(58)60)38-37-45(46)40-62(64)63-44-67(52-23-5-6-28-57(52)70(63)73)77(50-22-16-20-48(43-50)75-4)66-34-12-8-25-54(66)59-30-18-32-61-56-27-10-14-36-69(56)79-72(59)61/h5-44H,1-2H3. The molecule has 0 radical (unpaired) electrons. The maximum absolute atomic E-state index is 8.14. The van der Waals surface area contributed by atoms with Gasteiger partial charge in [0.05, 0.1) is 30.2 Å². The van der Waals surface area contributed by atoms with E-state index in [9.17, 15) is 0 Å². The quantitative estimate of drug-likeness (QED) is 0.142. The van der Waals surface area contributed by atoms with E-state index in [-0.39, 0.29) is 0 Å². The first-order valence-electron chi connectivity index (χ1n) is 26.5. The molecule has 0 atom stereocenters. The zero-order chi connectivity index (χ0) is 52.9. The SMILES string of the molecule is [C-]#[N+]c1cccc(N(c2ccc3cc4c(cc3c2)C(C)(C)c2c-4cc(N(c3cccc([N+]#[C-])c3)c3ccccc3-c3cccc4c3oc3ccccc34)c3ccccc23)c2ccccc2-c2cccc3c2oc2ccccc23)c1. The van der Waals surface area contributed by atoms with Gasteiger partial charge in [0.15, 0.2) is 11.4 Å².